The number of nitrogens with zero attached hydrogens (tertiary/aromatic N) is 1. The number of hydrogen-bond acceptors (Lipinski definition) is 5. The van der Waals surface area contributed by atoms with E-state index in [4.69, 9.17) is 19.5 Å². The minimum atomic E-state index is -1.09. The molecule has 0 radical (unpaired) electrons. The second-order valence-electron chi connectivity index (χ2n) is 3.63. The number of carbonyl (C=O) groups is 1. The average molecular weight is 209 g/mol. The summed E-state index contributed by atoms with van der Waals surface area (Å²) in [5, 5.41) is 9.11. The van der Waals surface area contributed by atoms with Gasteiger partial charge in [-0.3, -0.25) is 4.79 Å². The van der Waals surface area contributed by atoms with E-state index in [1.165, 1.54) is 13.2 Å². The molecule has 0 bridgehead atoms. The summed E-state index contributed by atoms with van der Waals surface area (Å²) in [7, 11) is 0. The molecule has 0 aromatic heterocycles. The minimum Gasteiger partial charge on any atom is -0.472 e. The van der Waals surface area contributed by atoms with Crippen molar-refractivity contribution in [2.75, 3.05) is 0 Å². The van der Waals surface area contributed by atoms with Gasteiger partial charge >= 0.3 is 5.97 Å². The zero-order valence-electron chi connectivity index (χ0n) is 8.47. The fourth-order valence-corrected chi connectivity index (χ4v) is 1.92. The van der Waals surface area contributed by atoms with Crippen molar-refractivity contribution in [3.05, 3.63) is 12.3 Å². The van der Waals surface area contributed by atoms with Crippen molar-refractivity contribution < 1.29 is 19.0 Å². The number of hydrogen-bond donors (Lipinski definition) is 0. The second-order valence-corrected chi connectivity index (χ2v) is 3.63. The molecule has 0 N–H and O–H groups in total. The van der Waals surface area contributed by atoms with Gasteiger partial charge in [-0.1, -0.05) is 0 Å². The predicted octanol–water partition coefficient (Wildman–Crippen LogP) is 0.717. The molecule has 5 nitrogen and oxygen atoms in total. The van der Waals surface area contributed by atoms with Gasteiger partial charge in [-0.15, -0.1) is 0 Å². The van der Waals surface area contributed by atoms with Crippen LogP contribution in [0.25, 0.3) is 0 Å². The summed E-state index contributed by atoms with van der Waals surface area (Å²) >= 11 is 0. The lowest BCUT2D eigenvalue weighted by molar-refractivity contribution is -0.314. The lowest BCUT2D eigenvalue weighted by Crippen LogP contribution is -2.63. The molecule has 0 amide bonds. The smallest absolute Gasteiger partial charge is 0.303 e. The first kappa shape index (κ1) is 9.99. The van der Waals surface area contributed by atoms with Crippen LogP contribution in [0.3, 0.4) is 0 Å². The maximum absolute atomic E-state index is 10.8. The van der Waals surface area contributed by atoms with Gasteiger partial charge in [0.2, 0.25) is 11.9 Å². The van der Waals surface area contributed by atoms with Gasteiger partial charge in [0.05, 0.1) is 12.2 Å². The Morgan fingerprint density at radius 2 is 2.47 bits per heavy atom. The van der Waals surface area contributed by atoms with Gasteiger partial charge in [0.1, 0.15) is 12.2 Å². The topological polar surface area (TPSA) is 68.6 Å². The van der Waals surface area contributed by atoms with E-state index >= 15 is 0 Å². The molecular formula is C10H11NO4. The molecule has 2 heterocycles. The highest BCUT2D eigenvalue weighted by molar-refractivity contribution is 5.66. The number of nitriles is 1. The minimum absolute atomic E-state index is 0.156. The summed E-state index contributed by atoms with van der Waals surface area (Å²) in [6, 6.07) is 2.06. The van der Waals surface area contributed by atoms with Crippen LogP contribution < -0.4 is 0 Å². The molecule has 0 spiro atoms. The molecule has 5 heteroatoms. The highest BCUT2D eigenvalue weighted by Crippen LogP contribution is 2.46. The predicted molar refractivity (Wildman–Crippen MR) is 48.2 cm³/mol. The van der Waals surface area contributed by atoms with Gasteiger partial charge in [-0.25, -0.2) is 0 Å². The van der Waals surface area contributed by atoms with Crippen molar-refractivity contribution in [1.29, 1.82) is 5.26 Å². The quantitative estimate of drug-likeness (QED) is 0.627. The van der Waals surface area contributed by atoms with Crippen molar-refractivity contribution in [3.63, 3.8) is 0 Å². The first-order valence-corrected chi connectivity index (χ1v) is 4.68. The molecule has 2 rings (SSSR count). The third-order valence-corrected chi connectivity index (χ3v) is 2.72. The summed E-state index contributed by atoms with van der Waals surface area (Å²) in [5.41, 5.74) is -1.09. The normalized spacial score (nSPS) is 38.2. The van der Waals surface area contributed by atoms with E-state index in [-0.39, 0.29) is 5.92 Å². The Morgan fingerprint density at radius 3 is 3.00 bits per heavy atom. The van der Waals surface area contributed by atoms with Gasteiger partial charge in [0, 0.05) is 6.92 Å². The van der Waals surface area contributed by atoms with Crippen LogP contribution in [0.2, 0.25) is 0 Å². The molecule has 4 atom stereocenters. The average Bonchev–Trinajstić information content (AvgIpc) is 2.49. The largest absolute Gasteiger partial charge is 0.472 e. The summed E-state index contributed by atoms with van der Waals surface area (Å²) < 4.78 is 15.4. The van der Waals surface area contributed by atoms with Gasteiger partial charge in [-0.05, 0) is 13.0 Å². The third-order valence-electron chi connectivity index (χ3n) is 2.72. The number of esters is 1. The zero-order chi connectivity index (χ0) is 11.1. The lowest BCUT2D eigenvalue weighted by Gasteiger charge is -2.47. The fraction of sp³-hybridized carbons (Fsp3) is 0.600. The van der Waals surface area contributed by atoms with Crippen LogP contribution in [-0.2, 0) is 19.0 Å². The zero-order valence-corrected chi connectivity index (χ0v) is 8.47. The van der Waals surface area contributed by atoms with Crippen LogP contribution in [0.15, 0.2) is 12.3 Å². The van der Waals surface area contributed by atoms with Crippen LogP contribution in [0.5, 0.6) is 0 Å². The molecule has 0 aliphatic carbocycles. The molecule has 0 aromatic carbocycles. The third kappa shape index (κ3) is 1.29. The first-order valence-electron chi connectivity index (χ1n) is 4.68. The molecular weight excluding hydrogens is 198 g/mol. The molecule has 0 saturated carbocycles. The molecule has 2 aliphatic rings. The standard InChI is InChI=1S/C10H11NO4/c1-6(14-7(2)12)10(5-11)8-3-4-13-9(8)15-10/h3-4,6,8-9H,1-2H3/t6-,8+,9+,10-/m0/s1. The summed E-state index contributed by atoms with van der Waals surface area (Å²) in [5.74, 6) is -0.580. The fourth-order valence-electron chi connectivity index (χ4n) is 1.92. The molecule has 2 aliphatic heterocycles. The van der Waals surface area contributed by atoms with Gasteiger partial charge in [0.15, 0.2) is 0 Å². The first-order chi connectivity index (χ1) is 7.10. The molecule has 0 aromatic rings. The van der Waals surface area contributed by atoms with Crippen LogP contribution in [-0.4, -0.2) is 24.0 Å². The molecule has 80 valence electrons. The van der Waals surface area contributed by atoms with Crippen LogP contribution >= 0.6 is 0 Å². The van der Waals surface area contributed by atoms with Crippen LogP contribution in [0, 0.1) is 17.2 Å². The van der Waals surface area contributed by atoms with E-state index in [1.807, 2.05) is 0 Å². The lowest BCUT2D eigenvalue weighted by atomic mass is 9.79. The molecule has 0 unspecified atom stereocenters. The van der Waals surface area contributed by atoms with E-state index in [2.05, 4.69) is 6.07 Å². The highest BCUT2D eigenvalue weighted by atomic mass is 16.7. The number of fused-ring (bicyclic) bond motifs is 1. The van der Waals surface area contributed by atoms with E-state index in [0.29, 0.717) is 0 Å². The van der Waals surface area contributed by atoms with E-state index < -0.39 is 24.0 Å². The van der Waals surface area contributed by atoms with Gasteiger partial charge < -0.3 is 14.2 Å². The van der Waals surface area contributed by atoms with Crippen molar-refractivity contribution >= 4 is 5.97 Å². The maximum atomic E-state index is 10.8. The van der Waals surface area contributed by atoms with Crippen LogP contribution in [0.1, 0.15) is 13.8 Å². The van der Waals surface area contributed by atoms with Crippen LogP contribution in [0.4, 0.5) is 0 Å². The summed E-state index contributed by atoms with van der Waals surface area (Å²) in [6.07, 6.45) is 2.27. The Morgan fingerprint density at radius 1 is 1.73 bits per heavy atom. The Labute approximate surface area is 87.2 Å². The Balaban J connectivity index is 2.14. The summed E-state index contributed by atoms with van der Waals surface area (Å²) in [6.45, 7) is 2.95. The second kappa shape index (κ2) is 3.24. The Bertz CT molecular complexity index is 359. The van der Waals surface area contributed by atoms with Crippen molar-refractivity contribution in [3.8, 4) is 6.07 Å². The van der Waals surface area contributed by atoms with E-state index in [0.717, 1.165) is 0 Å². The number of carbonyl (C=O) groups excluding carboxylic acids is 1. The molecule has 15 heavy (non-hydrogen) atoms. The number of ether oxygens (including phenoxy) is 3. The number of rotatable bonds is 2. The van der Waals surface area contributed by atoms with Crippen molar-refractivity contribution in [1.82, 2.24) is 0 Å². The van der Waals surface area contributed by atoms with Crippen molar-refractivity contribution in [2.24, 2.45) is 5.92 Å². The SMILES string of the molecule is CC(=O)O[C@@H](C)[C@]1(C#N)O[C@H]2OC=C[C@H]21. The van der Waals surface area contributed by atoms with E-state index in [1.54, 1.807) is 13.0 Å². The Hall–Kier alpha value is -1.54. The monoisotopic (exact) mass is 209 g/mol. The van der Waals surface area contributed by atoms with Gasteiger partial charge in [-0.2, -0.15) is 5.26 Å². The summed E-state index contributed by atoms with van der Waals surface area (Å²) in [4.78, 5) is 10.8. The highest BCUT2D eigenvalue weighted by Gasteiger charge is 2.62. The Kier molecular flexibility index (Phi) is 2.16. The maximum Gasteiger partial charge on any atom is 0.303 e. The molecule has 1 fully saturated rings. The molecule has 1 saturated heterocycles. The van der Waals surface area contributed by atoms with Crippen molar-refractivity contribution in [2.45, 2.75) is 31.8 Å². The van der Waals surface area contributed by atoms with Gasteiger partial charge in [0.25, 0.3) is 0 Å². The van der Waals surface area contributed by atoms with E-state index in [9.17, 15) is 4.79 Å².